The molecule has 1 aliphatic carbocycles. The van der Waals surface area contributed by atoms with Crippen LogP contribution in [0, 0.1) is 0 Å². The molecule has 4 nitrogen and oxygen atoms in total. The fourth-order valence-corrected chi connectivity index (χ4v) is 2.19. The molecule has 104 valence electrons. The number of ether oxygens (including phenoxy) is 1. The summed E-state index contributed by atoms with van der Waals surface area (Å²) in [6.07, 6.45) is 2.30. The van der Waals surface area contributed by atoms with E-state index in [2.05, 4.69) is 15.3 Å². The van der Waals surface area contributed by atoms with Gasteiger partial charge in [0.05, 0.1) is 6.61 Å². The first-order chi connectivity index (χ1) is 9.74. The summed E-state index contributed by atoms with van der Waals surface area (Å²) in [5, 5.41) is 3.73. The van der Waals surface area contributed by atoms with E-state index in [4.69, 9.17) is 16.3 Å². The molecule has 1 heterocycles. The molecular weight excluding hydrogens is 274 g/mol. The minimum atomic E-state index is 0.476. The van der Waals surface area contributed by atoms with Crippen LogP contribution in [-0.2, 0) is 0 Å². The molecule has 0 atom stereocenters. The number of hydrogen-bond donors (Lipinski definition) is 1. The second-order valence-electron chi connectivity index (χ2n) is 4.79. The predicted molar refractivity (Wildman–Crippen MR) is 79.9 cm³/mol. The summed E-state index contributed by atoms with van der Waals surface area (Å²) in [7, 11) is 0. The van der Waals surface area contributed by atoms with Crippen LogP contribution in [-0.4, -0.2) is 16.6 Å². The lowest BCUT2D eigenvalue weighted by Gasteiger charge is -2.09. The normalized spacial score (nSPS) is 14.1. The number of benzene rings is 1. The van der Waals surface area contributed by atoms with Crippen LogP contribution in [0.25, 0.3) is 0 Å². The van der Waals surface area contributed by atoms with E-state index in [0.717, 1.165) is 35.9 Å². The Morgan fingerprint density at radius 1 is 1.30 bits per heavy atom. The van der Waals surface area contributed by atoms with E-state index in [0.29, 0.717) is 17.7 Å². The minimum Gasteiger partial charge on any atom is -0.494 e. The molecule has 0 bridgehead atoms. The molecule has 5 heteroatoms. The number of hydrogen-bond acceptors (Lipinski definition) is 4. The molecule has 1 N–H and O–H groups in total. The van der Waals surface area contributed by atoms with Gasteiger partial charge in [0.2, 0.25) is 0 Å². The average Bonchev–Trinajstić information content (AvgIpc) is 3.23. The van der Waals surface area contributed by atoms with Crippen molar-refractivity contribution < 1.29 is 4.74 Å². The molecule has 1 fully saturated rings. The fourth-order valence-electron chi connectivity index (χ4n) is 2.00. The van der Waals surface area contributed by atoms with Gasteiger partial charge >= 0.3 is 0 Å². The Bertz CT molecular complexity index is 614. The van der Waals surface area contributed by atoms with Crippen LogP contribution >= 0.6 is 11.6 Å². The van der Waals surface area contributed by atoms with Gasteiger partial charge in [0.1, 0.15) is 22.5 Å². The van der Waals surface area contributed by atoms with Crippen molar-refractivity contribution in [3.63, 3.8) is 0 Å². The first-order valence-electron chi connectivity index (χ1n) is 6.79. The van der Waals surface area contributed by atoms with Gasteiger partial charge in [0.15, 0.2) is 0 Å². The van der Waals surface area contributed by atoms with Crippen molar-refractivity contribution in [2.24, 2.45) is 0 Å². The van der Waals surface area contributed by atoms with Crippen molar-refractivity contribution in [3.8, 4) is 5.75 Å². The maximum atomic E-state index is 6.05. The SMILES string of the molecule is CCOc1cccc(Nc2cc(Cl)nc(C3CC3)n2)c1. The minimum absolute atomic E-state index is 0.476. The van der Waals surface area contributed by atoms with Crippen LogP contribution in [0.3, 0.4) is 0 Å². The van der Waals surface area contributed by atoms with Gasteiger partial charge < -0.3 is 10.1 Å². The van der Waals surface area contributed by atoms with Crippen LogP contribution in [0.1, 0.15) is 31.5 Å². The van der Waals surface area contributed by atoms with E-state index in [1.165, 1.54) is 0 Å². The summed E-state index contributed by atoms with van der Waals surface area (Å²) in [6.45, 7) is 2.61. The van der Waals surface area contributed by atoms with Crippen molar-refractivity contribution in [2.45, 2.75) is 25.7 Å². The molecule has 0 radical (unpaired) electrons. The average molecular weight is 290 g/mol. The summed E-state index contributed by atoms with van der Waals surface area (Å²) >= 11 is 6.05. The van der Waals surface area contributed by atoms with Gasteiger partial charge in [0.25, 0.3) is 0 Å². The maximum Gasteiger partial charge on any atom is 0.135 e. The van der Waals surface area contributed by atoms with E-state index in [9.17, 15) is 0 Å². The number of halogens is 1. The van der Waals surface area contributed by atoms with Crippen molar-refractivity contribution in [1.29, 1.82) is 0 Å². The lowest BCUT2D eigenvalue weighted by Crippen LogP contribution is -2.00. The fraction of sp³-hybridized carbons (Fsp3) is 0.333. The van der Waals surface area contributed by atoms with Crippen molar-refractivity contribution >= 4 is 23.1 Å². The number of nitrogens with one attached hydrogen (secondary N) is 1. The van der Waals surface area contributed by atoms with Crippen LogP contribution < -0.4 is 10.1 Å². The van der Waals surface area contributed by atoms with E-state index < -0.39 is 0 Å². The Kier molecular flexibility index (Phi) is 3.74. The second-order valence-corrected chi connectivity index (χ2v) is 5.18. The lowest BCUT2D eigenvalue weighted by molar-refractivity contribution is 0.340. The summed E-state index contributed by atoms with van der Waals surface area (Å²) < 4.78 is 5.48. The van der Waals surface area contributed by atoms with Crippen LogP contribution in [0.5, 0.6) is 5.75 Å². The van der Waals surface area contributed by atoms with Crippen LogP contribution in [0.15, 0.2) is 30.3 Å². The highest BCUT2D eigenvalue weighted by molar-refractivity contribution is 6.29. The standard InChI is InChI=1S/C15H16ClN3O/c1-2-20-12-5-3-4-11(8-12)17-14-9-13(16)18-15(19-14)10-6-7-10/h3-5,8-10H,2,6-7H2,1H3,(H,17,18,19). The third kappa shape index (κ3) is 3.20. The molecule has 1 aromatic carbocycles. The Balaban J connectivity index is 1.81. The number of nitrogens with zero attached hydrogens (tertiary/aromatic N) is 2. The highest BCUT2D eigenvalue weighted by atomic mass is 35.5. The molecular formula is C15H16ClN3O. The monoisotopic (exact) mass is 289 g/mol. The smallest absolute Gasteiger partial charge is 0.135 e. The van der Waals surface area contributed by atoms with Crippen molar-refractivity contribution in [2.75, 3.05) is 11.9 Å². The van der Waals surface area contributed by atoms with Gasteiger partial charge in [-0.1, -0.05) is 17.7 Å². The van der Waals surface area contributed by atoms with E-state index in [-0.39, 0.29) is 0 Å². The Morgan fingerprint density at radius 2 is 2.15 bits per heavy atom. The van der Waals surface area contributed by atoms with Crippen LogP contribution in [0.4, 0.5) is 11.5 Å². The number of aromatic nitrogens is 2. The molecule has 0 unspecified atom stereocenters. The quantitative estimate of drug-likeness (QED) is 0.840. The van der Waals surface area contributed by atoms with E-state index in [1.807, 2.05) is 31.2 Å². The first-order valence-corrected chi connectivity index (χ1v) is 7.17. The molecule has 1 aliphatic rings. The summed E-state index contributed by atoms with van der Waals surface area (Å²) in [5.74, 6) is 2.87. The first kappa shape index (κ1) is 13.2. The van der Waals surface area contributed by atoms with Crippen molar-refractivity contribution in [1.82, 2.24) is 9.97 Å². The topological polar surface area (TPSA) is 47.0 Å². The van der Waals surface area contributed by atoms with Crippen molar-refractivity contribution in [3.05, 3.63) is 41.3 Å². The highest BCUT2D eigenvalue weighted by Gasteiger charge is 2.27. The zero-order chi connectivity index (χ0) is 13.9. The molecule has 1 aromatic heterocycles. The Labute approximate surface area is 123 Å². The molecule has 0 saturated heterocycles. The van der Waals surface area contributed by atoms with E-state index in [1.54, 1.807) is 6.07 Å². The number of anilines is 2. The summed E-state index contributed by atoms with van der Waals surface area (Å²) in [6, 6.07) is 9.52. The summed E-state index contributed by atoms with van der Waals surface area (Å²) in [4.78, 5) is 8.79. The third-order valence-electron chi connectivity index (χ3n) is 3.07. The van der Waals surface area contributed by atoms with Crippen LogP contribution in [0.2, 0.25) is 5.15 Å². The van der Waals surface area contributed by atoms with Gasteiger partial charge in [-0.05, 0) is 31.9 Å². The van der Waals surface area contributed by atoms with Gasteiger partial charge in [-0.3, -0.25) is 0 Å². The summed E-state index contributed by atoms with van der Waals surface area (Å²) in [5.41, 5.74) is 0.924. The number of rotatable bonds is 5. The largest absolute Gasteiger partial charge is 0.494 e. The second kappa shape index (κ2) is 5.67. The Morgan fingerprint density at radius 3 is 2.90 bits per heavy atom. The molecule has 2 aromatic rings. The molecule has 0 spiro atoms. The molecule has 20 heavy (non-hydrogen) atoms. The maximum absolute atomic E-state index is 6.05. The lowest BCUT2D eigenvalue weighted by atomic mass is 10.3. The zero-order valence-electron chi connectivity index (χ0n) is 11.3. The van der Waals surface area contributed by atoms with Gasteiger partial charge in [-0.2, -0.15) is 0 Å². The van der Waals surface area contributed by atoms with Gasteiger partial charge in [0, 0.05) is 23.7 Å². The van der Waals surface area contributed by atoms with E-state index >= 15 is 0 Å². The molecule has 1 saturated carbocycles. The van der Waals surface area contributed by atoms with Gasteiger partial charge in [-0.15, -0.1) is 0 Å². The molecule has 0 aliphatic heterocycles. The zero-order valence-corrected chi connectivity index (χ0v) is 12.0. The third-order valence-corrected chi connectivity index (χ3v) is 3.27. The highest BCUT2D eigenvalue weighted by Crippen LogP contribution is 2.39. The molecule has 0 amide bonds. The molecule has 3 rings (SSSR count). The Hall–Kier alpha value is -1.81. The predicted octanol–water partition coefficient (Wildman–Crippen LogP) is 4.15. The van der Waals surface area contributed by atoms with Gasteiger partial charge in [-0.25, -0.2) is 9.97 Å².